The van der Waals surface area contributed by atoms with Crippen molar-refractivity contribution in [1.82, 2.24) is 24.2 Å². The Balaban J connectivity index is 1.67. The van der Waals surface area contributed by atoms with Crippen molar-refractivity contribution in [3.05, 3.63) is 47.8 Å². The Morgan fingerprint density at radius 3 is 2.66 bits per heavy atom. The quantitative estimate of drug-likeness (QED) is 0.429. The number of nitrogens with zero attached hydrogens (tertiary/aromatic N) is 4. The number of fused-ring (bicyclic) bond motifs is 1. The Kier molecular flexibility index (Phi) is 6.66. The van der Waals surface area contributed by atoms with Crippen molar-refractivity contribution >= 4 is 29.1 Å². The van der Waals surface area contributed by atoms with Crippen molar-refractivity contribution in [2.45, 2.75) is 45.7 Å². The lowest BCUT2D eigenvalue weighted by Crippen LogP contribution is -2.42. The summed E-state index contributed by atoms with van der Waals surface area (Å²) in [6, 6.07) is 3.67. The van der Waals surface area contributed by atoms with Gasteiger partial charge in [-0.05, 0) is 57.6 Å². The normalized spacial score (nSPS) is 15.4. The van der Waals surface area contributed by atoms with Crippen LogP contribution in [0.3, 0.4) is 0 Å². The highest BCUT2D eigenvalue weighted by Gasteiger charge is 2.24. The molecular formula is C23H29FN6OS. The first-order chi connectivity index (χ1) is 15.4. The standard InChI is InChI=1S/C23H29FN6OS/c1-14(2)27-22-19(23(31)28-17-5-7-29(32-4)8-6-17)12-26-30-13-16(10-20(22)30)18-11-25-21(24)9-15(18)3/h9-14,17,27H,5-8H2,1-4H3,(H,28,31). The number of carbonyl (C=O) groups is 1. The zero-order chi connectivity index (χ0) is 22.8. The van der Waals surface area contributed by atoms with Crippen LogP contribution in [-0.2, 0) is 0 Å². The van der Waals surface area contributed by atoms with Gasteiger partial charge in [0.15, 0.2) is 0 Å². The van der Waals surface area contributed by atoms with Crippen LogP contribution in [0.25, 0.3) is 16.6 Å². The van der Waals surface area contributed by atoms with Gasteiger partial charge in [-0.2, -0.15) is 9.49 Å². The highest BCUT2D eigenvalue weighted by Crippen LogP contribution is 2.30. The maximum absolute atomic E-state index is 13.5. The topological polar surface area (TPSA) is 74.6 Å². The number of piperidine rings is 1. The molecule has 0 bridgehead atoms. The third-order valence-corrected chi connectivity index (χ3v) is 6.63. The molecule has 2 N–H and O–H groups in total. The number of nitrogens with one attached hydrogen (secondary N) is 2. The predicted octanol–water partition coefficient (Wildman–Crippen LogP) is 4.14. The van der Waals surface area contributed by atoms with Gasteiger partial charge in [-0.15, -0.1) is 0 Å². The van der Waals surface area contributed by atoms with E-state index < -0.39 is 5.95 Å². The number of amides is 1. The van der Waals surface area contributed by atoms with Gasteiger partial charge in [-0.25, -0.2) is 9.50 Å². The van der Waals surface area contributed by atoms with Crippen molar-refractivity contribution in [2.75, 3.05) is 24.7 Å². The van der Waals surface area contributed by atoms with E-state index in [0.29, 0.717) is 5.56 Å². The average molecular weight is 457 g/mol. The molecule has 9 heteroatoms. The first-order valence-corrected chi connectivity index (χ1v) is 12.0. The Labute approximate surface area is 191 Å². The van der Waals surface area contributed by atoms with Gasteiger partial charge >= 0.3 is 0 Å². The molecule has 0 atom stereocenters. The molecule has 4 rings (SSSR count). The van der Waals surface area contributed by atoms with Gasteiger partial charge in [-0.3, -0.25) is 9.10 Å². The van der Waals surface area contributed by atoms with Crippen LogP contribution >= 0.6 is 11.9 Å². The summed E-state index contributed by atoms with van der Waals surface area (Å²) in [6.45, 7) is 7.86. The molecule has 0 radical (unpaired) electrons. The molecule has 170 valence electrons. The van der Waals surface area contributed by atoms with Crippen LogP contribution in [0.15, 0.2) is 30.7 Å². The molecule has 0 aliphatic carbocycles. The van der Waals surface area contributed by atoms with E-state index in [1.807, 2.05) is 33.0 Å². The Bertz CT molecular complexity index is 1120. The van der Waals surface area contributed by atoms with E-state index in [9.17, 15) is 9.18 Å². The lowest BCUT2D eigenvalue weighted by Gasteiger charge is -2.30. The lowest BCUT2D eigenvalue weighted by molar-refractivity contribution is 0.0925. The van der Waals surface area contributed by atoms with Crippen molar-refractivity contribution in [3.63, 3.8) is 0 Å². The number of rotatable bonds is 6. The molecule has 1 aliphatic heterocycles. The van der Waals surface area contributed by atoms with Crippen LogP contribution in [0.1, 0.15) is 42.6 Å². The number of aryl methyl sites for hydroxylation is 1. The monoisotopic (exact) mass is 456 g/mol. The number of halogens is 1. The average Bonchev–Trinajstić information content (AvgIpc) is 3.18. The maximum atomic E-state index is 13.5. The fraction of sp³-hybridized carbons (Fsp3) is 0.435. The largest absolute Gasteiger partial charge is 0.380 e. The minimum absolute atomic E-state index is 0.117. The van der Waals surface area contributed by atoms with Crippen LogP contribution in [0, 0.1) is 12.9 Å². The summed E-state index contributed by atoms with van der Waals surface area (Å²) in [7, 11) is 0. The van der Waals surface area contributed by atoms with Gasteiger partial charge < -0.3 is 10.6 Å². The van der Waals surface area contributed by atoms with E-state index in [1.54, 1.807) is 22.7 Å². The van der Waals surface area contributed by atoms with Crippen LogP contribution in [0.2, 0.25) is 0 Å². The zero-order valence-electron chi connectivity index (χ0n) is 18.9. The summed E-state index contributed by atoms with van der Waals surface area (Å²) in [4.78, 5) is 17.0. The number of carbonyl (C=O) groups excluding carboxylic acids is 1. The SMILES string of the molecule is CSN1CCC(NC(=O)c2cnn3cc(-c4cnc(F)cc4C)cc3c2NC(C)C)CC1. The summed E-state index contributed by atoms with van der Waals surface area (Å²) >= 11 is 1.75. The Morgan fingerprint density at radius 2 is 2.00 bits per heavy atom. The van der Waals surface area contributed by atoms with Crippen LogP contribution in [0.5, 0.6) is 0 Å². The smallest absolute Gasteiger partial charge is 0.255 e. The minimum atomic E-state index is -0.502. The van der Waals surface area contributed by atoms with Gasteiger partial charge in [0.1, 0.15) is 0 Å². The van der Waals surface area contributed by atoms with Crippen molar-refractivity contribution in [1.29, 1.82) is 0 Å². The molecule has 3 aromatic heterocycles. The molecule has 1 saturated heterocycles. The van der Waals surface area contributed by atoms with E-state index in [4.69, 9.17) is 0 Å². The summed E-state index contributed by atoms with van der Waals surface area (Å²) in [5.74, 6) is -0.620. The van der Waals surface area contributed by atoms with E-state index in [0.717, 1.165) is 53.8 Å². The van der Waals surface area contributed by atoms with Gasteiger partial charge in [0, 0.05) is 48.7 Å². The van der Waals surface area contributed by atoms with Crippen LogP contribution in [-0.4, -0.2) is 56.2 Å². The highest BCUT2D eigenvalue weighted by molar-refractivity contribution is 7.96. The lowest BCUT2D eigenvalue weighted by atomic mass is 10.1. The van der Waals surface area contributed by atoms with Crippen LogP contribution in [0.4, 0.5) is 10.1 Å². The molecule has 0 aromatic carbocycles. The van der Waals surface area contributed by atoms with Crippen molar-refractivity contribution in [2.24, 2.45) is 0 Å². The zero-order valence-corrected chi connectivity index (χ0v) is 19.7. The van der Waals surface area contributed by atoms with E-state index in [2.05, 4.69) is 31.3 Å². The number of aromatic nitrogens is 3. The van der Waals surface area contributed by atoms with Crippen LogP contribution < -0.4 is 10.6 Å². The molecule has 7 nitrogen and oxygen atoms in total. The van der Waals surface area contributed by atoms with Gasteiger partial charge in [-0.1, -0.05) is 11.9 Å². The predicted molar refractivity (Wildman–Crippen MR) is 127 cm³/mol. The maximum Gasteiger partial charge on any atom is 0.255 e. The van der Waals surface area contributed by atoms with Crippen molar-refractivity contribution in [3.8, 4) is 11.1 Å². The summed E-state index contributed by atoms with van der Waals surface area (Å²) in [5, 5.41) is 11.1. The molecule has 1 aliphatic rings. The molecule has 0 spiro atoms. The van der Waals surface area contributed by atoms with E-state index >= 15 is 0 Å². The van der Waals surface area contributed by atoms with Gasteiger partial charge in [0.05, 0.1) is 23.0 Å². The fourth-order valence-corrected chi connectivity index (χ4v) is 4.66. The number of hydrogen-bond donors (Lipinski definition) is 2. The summed E-state index contributed by atoms with van der Waals surface area (Å²) in [6.07, 6.45) is 8.97. The minimum Gasteiger partial charge on any atom is -0.380 e. The van der Waals surface area contributed by atoms with E-state index in [-0.39, 0.29) is 18.0 Å². The Hall–Kier alpha value is -2.65. The molecule has 1 fully saturated rings. The highest BCUT2D eigenvalue weighted by atomic mass is 32.2. The first kappa shape index (κ1) is 22.5. The number of anilines is 1. The molecule has 3 aromatic rings. The number of hydrogen-bond acceptors (Lipinski definition) is 6. The molecule has 0 saturated carbocycles. The fourth-order valence-electron chi connectivity index (χ4n) is 4.09. The van der Waals surface area contributed by atoms with Crippen molar-refractivity contribution < 1.29 is 9.18 Å². The summed E-state index contributed by atoms with van der Waals surface area (Å²) in [5.41, 5.74) is 4.56. The molecule has 32 heavy (non-hydrogen) atoms. The summed E-state index contributed by atoms with van der Waals surface area (Å²) < 4.78 is 17.5. The second-order valence-electron chi connectivity index (χ2n) is 8.47. The second-order valence-corrected chi connectivity index (χ2v) is 9.35. The third kappa shape index (κ3) is 4.73. The molecule has 4 heterocycles. The molecule has 0 unspecified atom stereocenters. The molecule has 1 amide bonds. The van der Waals surface area contributed by atoms with Gasteiger partial charge in [0.2, 0.25) is 5.95 Å². The molecular weight excluding hydrogens is 427 g/mol. The Morgan fingerprint density at radius 1 is 1.25 bits per heavy atom. The number of pyridine rings is 1. The first-order valence-electron chi connectivity index (χ1n) is 10.9. The third-order valence-electron chi connectivity index (χ3n) is 5.75. The van der Waals surface area contributed by atoms with Gasteiger partial charge in [0.25, 0.3) is 5.91 Å². The van der Waals surface area contributed by atoms with E-state index in [1.165, 1.54) is 12.3 Å². The second kappa shape index (κ2) is 9.46.